The van der Waals surface area contributed by atoms with Crippen LogP contribution < -0.4 is 5.73 Å². The Labute approximate surface area is 131 Å². The molecule has 6 heteroatoms. The van der Waals surface area contributed by atoms with E-state index in [2.05, 4.69) is 52.1 Å². The predicted octanol–water partition coefficient (Wildman–Crippen LogP) is 4.17. The van der Waals surface area contributed by atoms with Crippen molar-refractivity contribution in [3.63, 3.8) is 0 Å². The normalized spacial score (nSPS) is 14.2. The summed E-state index contributed by atoms with van der Waals surface area (Å²) in [5, 5.41) is 3.99. The second kappa shape index (κ2) is 7.24. The van der Waals surface area contributed by atoms with E-state index in [1.165, 1.54) is 4.90 Å². The molecular weight excluding hydrogens is 338 g/mol. The van der Waals surface area contributed by atoms with Gasteiger partial charge >= 0.3 is 0 Å². The summed E-state index contributed by atoms with van der Waals surface area (Å²) in [5.74, 6) is 2.23. The molecule has 4 nitrogen and oxygen atoms in total. The third-order valence-electron chi connectivity index (χ3n) is 3.21. The van der Waals surface area contributed by atoms with Gasteiger partial charge in [-0.15, -0.1) is 11.8 Å². The minimum Gasteiger partial charge on any atom is -0.338 e. The first-order valence-corrected chi connectivity index (χ1v) is 8.34. The standard InChI is InChI=1S/C14H18BrN3OS/c1-3-9(2)13(16)14-17-12(18-19-14)8-20-11-6-4-10(15)5-7-11/h4-7,9,13H,3,8,16H2,1-2H3. The Morgan fingerprint density at radius 3 is 2.70 bits per heavy atom. The molecule has 0 amide bonds. The van der Waals surface area contributed by atoms with Gasteiger partial charge in [0.05, 0.1) is 11.8 Å². The van der Waals surface area contributed by atoms with Gasteiger partial charge < -0.3 is 10.3 Å². The summed E-state index contributed by atoms with van der Waals surface area (Å²) in [4.78, 5) is 5.55. The van der Waals surface area contributed by atoms with Crippen LogP contribution in [0.1, 0.15) is 38.0 Å². The highest BCUT2D eigenvalue weighted by Gasteiger charge is 2.19. The first-order chi connectivity index (χ1) is 9.60. The molecule has 108 valence electrons. The van der Waals surface area contributed by atoms with Crippen molar-refractivity contribution in [3.8, 4) is 0 Å². The van der Waals surface area contributed by atoms with Crippen LogP contribution in [0.2, 0.25) is 0 Å². The van der Waals surface area contributed by atoms with Crippen molar-refractivity contribution in [3.05, 3.63) is 40.5 Å². The molecule has 0 saturated heterocycles. The molecule has 2 rings (SSSR count). The Balaban J connectivity index is 1.94. The lowest BCUT2D eigenvalue weighted by Gasteiger charge is -2.12. The van der Waals surface area contributed by atoms with E-state index in [-0.39, 0.29) is 6.04 Å². The second-order valence-electron chi connectivity index (χ2n) is 4.70. The van der Waals surface area contributed by atoms with Gasteiger partial charge in [0.2, 0.25) is 5.89 Å². The maximum Gasteiger partial charge on any atom is 0.243 e. The van der Waals surface area contributed by atoms with Crippen molar-refractivity contribution in [1.82, 2.24) is 10.1 Å². The van der Waals surface area contributed by atoms with Crippen LogP contribution in [0.15, 0.2) is 38.2 Å². The maximum atomic E-state index is 6.08. The molecule has 0 fully saturated rings. The molecule has 1 aromatic carbocycles. The van der Waals surface area contributed by atoms with Crippen molar-refractivity contribution in [1.29, 1.82) is 0 Å². The zero-order valence-corrected chi connectivity index (χ0v) is 13.9. The molecule has 1 heterocycles. The lowest BCUT2D eigenvalue weighted by Crippen LogP contribution is -2.18. The molecule has 0 saturated carbocycles. The van der Waals surface area contributed by atoms with Crippen LogP contribution in [0.25, 0.3) is 0 Å². The van der Waals surface area contributed by atoms with E-state index in [0.717, 1.165) is 10.9 Å². The van der Waals surface area contributed by atoms with Crippen molar-refractivity contribution >= 4 is 27.7 Å². The monoisotopic (exact) mass is 355 g/mol. The first-order valence-electron chi connectivity index (χ1n) is 6.56. The van der Waals surface area contributed by atoms with Crippen molar-refractivity contribution in [2.45, 2.75) is 37.0 Å². The Bertz CT molecular complexity index is 544. The molecule has 0 aliphatic heterocycles. The Kier molecular flexibility index (Phi) is 5.63. The highest BCUT2D eigenvalue weighted by molar-refractivity contribution is 9.10. The van der Waals surface area contributed by atoms with Crippen LogP contribution in [-0.4, -0.2) is 10.1 Å². The lowest BCUT2D eigenvalue weighted by molar-refractivity contribution is 0.311. The van der Waals surface area contributed by atoms with Gasteiger partial charge in [0.25, 0.3) is 0 Å². The quantitative estimate of drug-likeness (QED) is 0.787. The van der Waals surface area contributed by atoms with Gasteiger partial charge in [-0.2, -0.15) is 4.98 Å². The fourth-order valence-corrected chi connectivity index (χ4v) is 2.64. The van der Waals surface area contributed by atoms with Gasteiger partial charge in [-0.05, 0) is 30.2 Å². The van der Waals surface area contributed by atoms with Crippen LogP contribution in [0, 0.1) is 5.92 Å². The molecule has 0 spiro atoms. The summed E-state index contributed by atoms with van der Waals surface area (Å²) in [7, 11) is 0. The first kappa shape index (κ1) is 15.5. The third-order valence-corrected chi connectivity index (χ3v) is 4.74. The molecule has 2 aromatic rings. The molecule has 2 unspecified atom stereocenters. The van der Waals surface area contributed by atoms with Gasteiger partial charge in [0.1, 0.15) is 0 Å². The Morgan fingerprint density at radius 1 is 1.35 bits per heavy atom. The average molecular weight is 356 g/mol. The summed E-state index contributed by atoms with van der Waals surface area (Å²) in [6, 6.07) is 7.96. The highest BCUT2D eigenvalue weighted by Crippen LogP contribution is 2.25. The largest absolute Gasteiger partial charge is 0.338 e. The van der Waals surface area contributed by atoms with E-state index in [4.69, 9.17) is 10.3 Å². The van der Waals surface area contributed by atoms with Crippen molar-refractivity contribution in [2.75, 3.05) is 0 Å². The zero-order chi connectivity index (χ0) is 14.5. The number of hydrogen-bond acceptors (Lipinski definition) is 5. The van der Waals surface area contributed by atoms with E-state index in [0.29, 0.717) is 23.4 Å². The molecule has 0 radical (unpaired) electrons. The SMILES string of the molecule is CCC(C)C(N)c1nc(CSc2ccc(Br)cc2)no1. The molecule has 2 N–H and O–H groups in total. The summed E-state index contributed by atoms with van der Waals surface area (Å²) in [6.45, 7) is 4.19. The molecule has 0 aliphatic rings. The number of aromatic nitrogens is 2. The number of rotatable bonds is 6. The maximum absolute atomic E-state index is 6.08. The smallest absolute Gasteiger partial charge is 0.243 e. The summed E-state index contributed by atoms with van der Waals surface area (Å²) < 4.78 is 6.32. The van der Waals surface area contributed by atoms with Crippen molar-refractivity contribution in [2.24, 2.45) is 11.7 Å². The number of nitrogens with zero attached hydrogens (tertiary/aromatic N) is 2. The van der Waals surface area contributed by atoms with Crippen LogP contribution >= 0.6 is 27.7 Å². The fraction of sp³-hybridized carbons (Fsp3) is 0.429. The van der Waals surface area contributed by atoms with Crippen LogP contribution in [0.5, 0.6) is 0 Å². The molecule has 0 aliphatic carbocycles. The van der Waals surface area contributed by atoms with Gasteiger partial charge in [-0.3, -0.25) is 0 Å². The molecule has 2 atom stereocenters. The van der Waals surface area contributed by atoms with Gasteiger partial charge in [0.15, 0.2) is 5.82 Å². The summed E-state index contributed by atoms with van der Waals surface area (Å²) in [5.41, 5.74) is 6.08. The van der Waals surface area contributed by atoms with E-state index in [9.17, 15) is 0 Å². The van der Waals surface area contributed by atoms with Crippen molar-refractivity contribution < 1.29 is 4.52 Å². The van der Waals surface area contributed by atoms with Gasteiger partial charge in [0, 0.05) is 9.37 Å². The second-order valence-corrected chi connectivity index (χ2v) is 6.67. The van der Waals surface area contributed by atoms with E-state index < -0.39 is 0 Å². The molecular formula is C14H18BrN3OS. The van der Waals surface area contributed by atoms with Gasteiger partial charge in [-0.25, -0.2) is 0 Å². The fourth-order valence-electron chi connectivity index (χ4n) is 1.64. The number of hydrogen-bond donors (Lipinski definition) is 1. The minimum atomic E-state index is -0.182. The number of thioether (sulfide) groups is 1. The number of benzene rings is 1. The lowest BCUT2D eigenvalue weighted by atomic mass is 10.0. The third kappa shape index (κ3) is 4.07. The number of halogens is 1. The highest BCUT2D eigenvalue weighted by atomic mass is 79.9. The zero-order valence-electron chi connectivity index (χ0n) is 11.5. The molecule has 0 bridgehead atoms. The predicted molar refractivity (Wildman–Crippen MR) is 84.4 cm³/mol. The topological polar surface area (TPSA) is 64.9 Å². The van der Waals surface area contributed by atoms with Crippen LogP contribution in [0.4, 0.5) is 0 Å². The van der Waals surface area contributed by atoms with Crippen LogP contribution in [0.3, 0.4) is 0 Å². The van der Waals surface area contributed by atoms with E-state index in [1.807, 2.05) is 12.1 Å². The van der Waals surface area contributed by atoms with Crippen LogP contribution in [-0.2, 0) is 5.75 Å². The van der Waals surface area contributed by atoms with Gasteiger partial charge in [-0.1, -0.05) is 41.4 Å². The number of nitrogens with two attached hydrogens (primary N) is 1. The Morgan fingerprint density at radius 2 is 2.05 bits per heavy atom. The molecule has 1 aromatic heterocycles. The average Bonchev–Trinajstić information content (AvgIpc) is 2.94. The van der Waals surface area contributed by atoms with E-state index >= 15 is 0 Å². The Hall–Kier alpha value is -0.850. The minimum absolute atomic E-state index is 0.182. The summed E-state index contributed by atoms with van der Waals surface area (Å²) >= 11 is 5.09. The summed E-state index contributed by atoms with van der Waals surface area (Å²) in [6.07, 6.45) is 0.993. The van der Waals surface area contributed by atoms with E-state index in [1.54, 1.807) is 11.8 Å². The molecule has 20 heavy (non-hydrogen) atoms.